The van der Waals surface area contributed by atoms with Crippen LogP contribution in [0.5, 0.6) is 5.75 Å². The quantitative estimate of drug-likeness (QED) is 0.154. The number of hydrogen-bond acceptors (Lipinski definition) is 8. The molecule has 4 aromatic rings. The number of oxazole rings is 1. The van der Waals surface area contributed by atoms with Crippen LogP contribution in [0.4, 0.5) is 36.4 Å². The van der Waals surface area contributed by atoms with Gasteiger partial charge in [-0.15, -0.1) is 13.2 Å². The van der Waals surface area contributed by atoms with Crippen LogP contribution in [-0.4, -0.2) is 43.5 Å². The summed E-state index contributed by atoms with van der Waals surface area (Å²) in [7, 11) is -4.00. The Balaban J connectivity index is 1.92. The second kappa shape index (κ2) is 12.4. The maximum Gasteiger partial charge on any atom is 0.573 e. The van der Waals surface area contributed by atoms with Crippen LogP contribution in [0.1, 0.15) is 11.5 Å². The molecule has 4 rings (SSSR count). The highest BCUT2D eigenvalue weighted by molar-refractivity contribution is 7.90. The number of aliphatic hydroxyl groups excluding tert-OH is 1. The predicted octanol–water partition coefficient (Wildman–Crippen LogP) is 7.02. The van der Waals surface area contributed by atoms with Crippen LogP contribution in [-0.2, 0) is 16.4 Å². The lowest BCUT2D eigenvalue weighted by molar-refractivity contribution is -0.274. The molecular formula is C29H22F7N3O5S. The van der Waals surface area contributed by atoms with Gasteiger partial charge in [-0.25, -0.2) is 17.8 Å². The second-order valence-corrected chi connectivity index (χ2v) is 11.5. The predicted molar refractivity (Wildman–Crippen MR) is 150 cm³/mol. The minimum absolute atomic E-state index is 0.0207. The van der Waals surface area contributed by atoms with Gasteiger partial charge in [0.05, 0.1) is 17.2 Å². The van der Waals surface area contributed by atoms with Gasteiger partial charge in [0.2, 0.25) is 0 Å². The van der Waals surface area contributed by atoms with Gasteiger partial charge < -0.3 is 20.0 Å². The third kappa shape index (κ3) is 7.88. The highest BCUT2D eigenvalue weighted by atomic mass is 32.2. The molecule has 1 aromatic heterocycles. The van der Waals surface area contributed by atoms with Crippen LogP contribution in [0.15, 0.2) is 80.7 Å². The van der Waals surface area contributed by atoms with Gasteiger partial charge in [0.25, 0.3) is 0 Å². The summed E-state index contributed by atoms with van der Waals surface area (Å²) in [6.45, 7) is 0.575. The summed E-state index contributed by atoms with van der Waals surface area (Å²) < 4.78 is 126. The Bertz CT molecular complexity index is 1900. The number of allylic oxidation sites excluding steroid dienone is 2. The van der Waals surface area contributed by atoms with Crippen molar-refractivity contribution in [2.24, 2.45) is 10.7 Å². The molecule has 0 radical (unpaired) electrons. The van der Waals surface area contributed by atoms with Gasteiger partial charge in [-0.2, -0.15) is 13.2 Å². The Hall–Kier alpha value is -4.70. The lowest BCUT2D eigenvalue weighted by Crippen LogP contribution is -2.19. The minimum atomic E-state index is -4.93. The first-order chi connectivity index (χ1) is 20.9. The van der Waals surface area contributed by atoms with Crippen molar-refractivity contribution in [1.82, 2.24) is 4.98 Å². The molecule has 0 fully saturated rings. The summed E-state index contributed by atoms with van der Waals surface area (Å²) in [5, 5.41) is 9.55. The zero-order valence-electron chi connectivity index (χ0n) is 23.2. The van der Waals surface area contributed by atoms with Gasteiger partial charge in [0.15, 0.2) is 21.5 Å². The number of aromatic nitrogens is 1. The van der Waals surface area contributed by atoms with Gasteiger partial charge in [-0.05, 0) is 65.7 Å². The normalized spacial score (nSPS) is 13.1. The topological polar surface area (TPSA) is 128 Å². The molecule has 0 bridgehead atoms. The van der Waals surface area contributed by atoms with Crippen molar-refractivity contribution >= 4 is 21.7 Å². The molecule has 0 aliphatic carbocycles. The molecule has 0 saturated heterocycles. The molecule has 16 heteroatoms. The molecule has 0 spiro atoms. The number of ether oxygens (including phenoxy) is 1. The van der Waals surface area contributed by atoms with Crippen LogP contribution in [0.25, 0.3) is 33.7 Å². The van der Waals surface area contributed by atoms with Crippen molar-refractivity contribution in [3.05, 3.63) is 83.6 Å². The summed E-state index contributed by atoms with van der Waals surface area (Å²) in [4.78, 5) is 7.94. The van der Waals surface area contributed by atoms with Gasteiger partial charge >= 0.3 is 12.5 Å². The van der Waals surface area contributed by atoms with E-state index in [-0.39, 0.29) is 45.3 Å². The van der Waals surface area contributed by atoms with E-state index in [1.165, 1.54) is 37.3 Å². The van der Waals surface area contributed by atoms with E-state index in [9.17, 15) is 44.3 Å². The summed E-state index contributed by atoms with van der Waals surface area (Å²) in [5.74, 6) is -1.40. The molecule has 0 amide bonds. The van der Waals surface area contributed by atoms with Crippen molar-refractivity contribution in [1.29, 1.82) is 0 Å². The minimum Gasteiger partial charge on any atom is -0.440 e. The second-order valence-electron chi connectivity index (χ2n) is 9.48. The van der Waals surface area contributed by atoms with Crippen molar-refractivity contribution in [3.63, 3.8) is 0 Å². The fourth-order valence-corrected chi connectivity index (χ4v) is 5.14. The first-order valence-corrected chi connectivity index (χ1v) is 14.5. The van der Waals surface area contributed by atoms with Crippen LogP contribution >= 0.6 is 0 Å². The van der Waals surface area contributed by atoms with E-state index in [0.717, 1.165) is 36.7 Å². The third-order valence-corrected chi connectivity index (χ3v) is 7.34. The van der Waals surface area contributed by atoms with Gasteiger partial charge in [-0.1, -0.05) is 6.07 Å². The summed E-state index contributed by atoms with van der Waals surface area (Å²) >= 11 is 0. The molecule has 3 aromatic carbocycles. The number of aliphatic hydroxyl groups is 1. The molecular weight excluding hydrogens is 635 g/mol. The zero-order chi connectivity index (χ0) is 33.3. The Morgan fingerprint density at radius 3 is 2.24 bits per heavy atom. The molecule has 8 nitrogen and oxygen atoms in total. The smallest absolute Gasteiger partial charge is 0.440 e. The van der Waals surface area contributed by atoms with E-state index in [2.05, 4.69) is 14.7 Å². The summed E-state index contributed by atoms with van der Waals surface area (Å²) in [6.07, 6.45) is -7.61. The Kier molecular flexibility index (Phi) is 9.12. The number of aliphatic imine (C=N–C) groups is 1. The Labute approximate surface area is 251 Å². The van der Waals surface area contributed by atoms with Crippen LogP contribution in [0.2, 0.25) is 0 Å². The largest absolute Gasteiger partial charge is 0.573 e. The number of halogens is 7. The number of rotatable bonds is 8. The highest BCUT2D eigenvalue weighted by Crippen LogP contribution is 2.41. The zero-order valence-corrected chi connectivity index (χ0v) is 24.0. The van der Waals surface area contributed by atoms with Crippen molar-refractivity contribution in [3.8, 4) is 39.5 Å². The third-order valence-electron chi connectivity index (χ3n) is 6.18. The van der Waals surface area contributed by atoms with E-state index < -0.39 is 56.7 Å². The van der Waals surface area contributed by atoms with E-state index >= 15 is 0 Å². The first-order valence-electron chi connectivity index (χ1n) is 12.6. The Morgan fingerprint density at radius 2 is 1.67 bits per heavy atom. The number of benzene rings is 3. The van der Waals surface area contributed by atoms with Crippen molar-refractivity contribution in [2.75, 3.05) is 6.26 Å². The summed E-state index contributed by atoms with van der Waals surface area (Å²) in [5.41, 5.74) is 3.85. The van der Waals surface area contributed by atoms with Crippen molar-refractivity contribution in [2.45, 2.75) is 31.0 Å². The van der Waals surface area contributed by atoms with E-state index in [1.807, 2.05) is 0 Å². The van der Waals surface area contributed by atoms with E-state index in [1.54, 1.807) is 0 Å². The number of aryl methyl sites for hydroxylation is 1. The molecule has 1 heterocycles. The fourth-order valence-electron chi connectivity index (χ4n) is 4.19. The number of sulfone groups is 1. The number of hydrogen-bond donors (Lipinski definition) is 2. The fraction of sp³-hybridized carbons (Fsp3) is 0.172. The highest BCUT2D eigenvalue weighted by Gasteiger charge is 2.32. The molecule has 3 N–H and O–H groups in total. The molecule has 0 aliphatic heterocycles. The van der Waals surface area contributed by atoms with E-state index in [0.29, 0.717) is 6.08 Å². The average molecular weight is 658 g/mol. The average Bonchev–Trinajstić information content (AvgIpc) is 3.32. The van der Waals surface area contributed by atoms with Crippen LogP contribution < -0.4 is 10.5 Å². The molecule has 0 unspecified atom stereocenters. The lowest BCUT2D eigenvalue weighted by Gasteiger charge is -2.13. The van der Waals surface area contributed by atoms with Gasteiger partial charge in [-0.3, -0.25) is 4.99 Å². The number of nitrogens with two attached hydrogens (primary N) is 1. The van der Waals surface area contributed by atoms with Crippen LogP contribution in [0, 0.1) is 12.7 Å². The lowest BCUT2D eigenvalue weighted by atomic mass is 9.97. The molecule has 0 saturated carbocycles. The van der Waals surface area contributed by atoms with Crippen molar-refractivity contribution < 1.29 is 53.4 Å². The number of alkyl halides is 6. The molecule has 0 atom stereocenters. The number of nitrogens with zero attached hydrogens (tertiary/aromatic N) is 2. The van der Waals surface area contributed by atoms with E-state index in [4.69, 9.17) is 10.2 Å². The van der Waals surface area contributed by atoms with Gasteiger partial charge in [0, 0.05) is 36.1 Å². The Morgan fingerprint density at radius 1 is 1.02 bits per heavy atom. The molecule has 0 aliphatic rings. The maximum absolute atomic E-state index is 14.9. The molecule has 238 valence electrons. The van der Waals surface area contributed by atoms with Crippen LogP contribution in [0.3, 0.4) is 0 Å². The SMILES string of the molecule is Cc1nc(-c2cc(-c3cc(F)c(CO)c(S(C)(=O)=O)c3)ccc2N=CC=C(N)C(F)(F)F)c(-c2ccc(OC(F)(F)F)cc2)o1. The first kappa shape index (κ1) is 33.2. The molecule has 45 heavy (non-hydrogen) atoms. The maximum atomic E-state index is 14.9. The monoisotopic (exact) mass is 657 g/mol. The van der Waals surface area contributed by atoms with Gasteiger partial charge in [0.1, 0.15) is 23.0 Å². The summed E-state index contributed by atoms with van der Waals surface area (Å²) in [6, 6.07) is 10.8. The standard InChI is InChI=1S/C29H22F7N3O5S/c1-15-39-26(27(43-15)16-3-6-19(7-4-16)44-29(34,35)36)20-11-17(5-8-23(20)38-10-9-25(37)28(31,32)33)18-12-22(30)21(14-40)24(13-18)45(2,41)42/h3-13,40H,14,37H2,1-2H3.